The molecule has 0 aliphatic heterocycles. The van der Waals surface area contributed by atoms with Crippen LogP contribution in [0.15, 0.2) is 0 Å². The largest absolute Gasteiger partial charge is 0.356 e. The molecule has 1 fully saturated rings. The molecule has 0 aromatic heterocycles. The first-order valence-corrected chi connectivity index (χ1v) is 6.91. The molecule has 0 radical (unpaired) electrons. The molecule has 0 heterocycles. The highest BCUT2D eigenvalue weighted by molar-refractivity contribution is 5.79. The van der Waals surface area contributed by atoms with Crippen LogP contribution in [0.3, 0.4) is 0 Å². The fraction of sp³-hybridized carbons (Fsp3) is 0.846. The summed E-state index contributed by atoms with van der Waals surface area (Å²) >= 11 is 0. The van der Waals surface area contributed by atoms with Gasteiger partial charge in [-0.2, -0.15) is 0 Å². The van der Waals surface area contributed by atoms with Crippen LogP contribution in [0.25, 0.3) is 0 Å². The molecule has 2 amide bonds. The Morgan fingerprint density at radius 1 is 1.17 bits per heavy atom. The van der Waals surface area contributed by atoms with E-state index in [1.807, 2.05) is 13.8 Å². The molecule has 18 heavy (non-hydrogen) atoms. The first kappa shape index (κ1) is 15.0. The number of carbonyl (C=O) groups excluding carboxylic acids is 2. The lowest BCUT2D eigenvalue weighted by atomic mass is 10.2. The van der Waals surface area contributed by atoms with Crippen molar-refractivity contribution in [2.75, 3.05) is 13.1 Å². The monoisotopic (exact) mass is 255 g/mol. The first-order valence-electron chi connectivity index (χ1n) is 6.91. The summed E-state index contributed by atoms with van der Waals surface area (Å²) in [6.07, 6.45) is 4.23. The fourth-order valence-electron chi connectivity index (χ4n) is 1.53. The molecule has 0 aromatic rings. The molecule has 0 saturated heterocycles. The van der Waals surface area contributed by atoms with E-state index < -0.39 is 0 Å². The molecule has 1 aliphatic carbocycles. The molecular weight excluding hydrogens is 230 g/mol. The molecule has 1 aliphatic rings. The lowest BCUT2D eigenvalue weighted by Crippen LogP contribution is -2.35. The summed E-state index contributed by atoms with van der Waals surface area (Å²) in [4.78, 5) is 22.9. The number of nitrogens with one attached hydrogen (secondary N) is 3. The van der Waals surface area contributed by atoms with Crippen LogP contribution in [0.5, 0.6) is 0 Å². The molecule has 104 valence electrons. The summed E-state index contributed by atoms with van der Waals surface area (Å²) < 4.78 is 0. The standard InChI is InChI=1S/C13H25N3O2/c1-3-10(2)16-13(18)7-9-15-12(17)6-8-14-11-4-5-11/h10-11,14H,3-9H2,1-2H3,(H,15,17)(H,16,18). The summed E-state index contributed by atoms with van der Waals surface area (Å²) in [6.45, 7) is 5.15. The molecule has 5 heteroatoms. The van der Waals surface area contributed by atoms with Crippen LogP contribution < -0.4 is 16.0 Å². The zero-order valence-electron chi connectivity index (χ0n) is 11.4. The summed E-state index contributed by atoms with van der Waals surface area (Å²) in [5.74, 6) is 0.0141. The Morgan fingerprint density at radius 3 is 2.44 bits per heavy atom. The maximum Gasteiger partial charge on any atom is 0.221 e. The van der Waals surface area contributed by atoms with Crippen molar-refractivity contribution in [2.24, 2.45) is 0 Å². The van der Waals surface area contributed by atoms with Crippen LogP contribution in [-0.4, -0.2) is 37.0 Å². The normalized spacial score (nSPS) is 16.1. The molecule has 0 spiro atoms. The van der Waals surface area contributed by atoms with Crippen molar-refractivity contribution in [1.29, 1.82) is 0 Å². The second kappa shape index (κ2) is 8.08. The zero-order valence-corrected chi connectivity index (χ0v) is 11.4. The van der Waals surface area contributed by atoms with Crippen molar-refractivity contribution in [3.05, 3.63) is 0 Å². The topological polar surface area (TPSA) is 70.2 Å². The van der Waals surface area contributed by atoms with E-state index in [9.17, 15) is 9.59 Å². The lowest BCUT2D eigenvalue weighted by Gasteiger charge is -2.11. The van der Waals surface area contributed by atoms with Gasteiger partial charge in [0.15, 0.2) is 0 Å². The van der Waals surface area contributed by atoms with E-state index in [4.69, 9.17) is 0 Å². The highest BCUT2D eigenvalue weighted by atomic mass is 16.2. The third kappa shape index (κ3) is 7.27. The summed E-state index contributed by atoms with van der Waals surface area (Å²) in [5, 5.41) is 8.91. The molecule has 1 rings (SSSR count). The van der Waals surface area contributed by atoms with E-state index in [1.54, 1.807) is 0 Å². The molecular formula is C13H25N3O2. The van der Waals surface area contributed by atoms with Crippen molar-refractivity contribution in [3.8, 4) is 0 Å². The Bertz CT molecular complexity index is 277. The predicted molar refractivity (Wildman–Crippen MR) is 71.2 cm³/mol. The molecule has 1 unspecified atom stereocenters. The molecule has 1 atom stereocenters. The van der Waals surface area contributed by atoms with Gasteiger partial charge in [-0.25, -0.2) is 0 Å². The second-order valence-corrected chi connectivity index (χ2v) is 4.96. The quantitative estimate of drug-likeness (QED) is 0.563. The van der Waals surface area contributed by atoms with Gasteiger partial charge in [-0.05, 0) is 26.2 Å². The van der Waals surface area contributed by atoms with Gasteiger partial charge in [0.25, 0.3) is 0 Å². The minimum Gasteiger partial charge on any atom is -0.356 e. The van der Waals surface area contributed by atoms with Gasteiger partial charge in [-0.15, -0.1) is 0 Å². The average molecular weight is 255 g/mol. The molecule has 5 nitrogen and oxygen atoms in total. The van der Waals surface area contributed by atoms with Crippen molar-refractivity contribution < 1.29 is 9.59 Å². The highest BCUT2D eigenvalue weighted by Crippen LogP contribution is 2.18. The van der Waals surface area contributed by atoms with Gasteiger partial charge in [-0.3, -0.25) is 9.59 Å². The number of rotatable bonds is 9. The molecule has 0 bridgehead atoms. The average Bonchev–Trinajstić information content (AvgIpc) is 3.12. The zero-order chi connectivity index (χ0) is 13.4. The predicted octanol–water partition coefficient (Wildman–Crippen LogP) is 0.550. The van der Waals surface area contributed by atoms with Gasteiger partial charge < -0.3 is 16.0 Å². The van der Waals surface area contributed by atoms with E-state index in [2.05, 4.69) is 16.0 Å². The van der Waals surface area contributed by atoms with Gasteiger partial charge in [0.05, 0.1) is 0 Å². The summed E-state index contributed by atoms with van der Waals surface area (Å²) in [6, 6.07) is 0.843. The fourth-order valence-corrected chi connectivity index (χ4v) is 1.53. The third-order valence-corrected chi connectivity index (χ3v) is 3.06. The Morgan fingerprint density at radius 2 is 1.83 bits per heavy atom. The SMILES string of the molecule is CCC(C)NC(=O)CCNC(=O)CCNC1CC1. The second-order valence-electron chi connectivity index (χ2n) is 4.96. The van der Waals surface area contributed by atoms with Crippen LogP contribution in [0.2, 0.25) is 0 Å². The van der Waals surface area contributed by atoms with Gasteiger partial charge in [0.2, 0.25) is 11.8 Å². The van der Waals surface area contributed by atoms with Crippen LogP contribution in [0, 0.1) is 0 Å². The minimum atomic E-state index is 0.000699. The van der Waals surface area contributed by atoms with Gasteiger partial charge in [0.1, 0.15) is 0 Å². The van der Waals surface area contributed by atoms with Gasteiger partial charge in [-0.1, -0.05) is 6.92 Å². The summed E-state index contributed by atoms with van der Waals surface area (Å²) in [5.41, 5.74) is 0. The van der Waals surface area contributed by atoms with E-state index in [0.717, 1.165) is 13.0 Å². The van der Waals surface area contributed by atoms with E-state index in [1.165, 1.54) is 12.8 Å². The van der Waals surface area contributed by atoms with Crippen LogP contribution in [0.4, 0.5) is 0 Å². The van der Waals surface area contributed by atoms with Crippen LogP contribution >= 0.6 is 0 Å². The van der Waals surface area contributed by atoms with E-state index in [0.29, 0.717) is 25.4 Å². The maximum atomic E-state index is 11.4. The van der Waals surface area contributed by atoms with Crippen LogP contribution in [0.1, 0.15) is 46.0 Å². The van der Waals surface area contributed by atoms with Crippen LogP contribution in [-0.2, 0) is 9.59 Å². The smallest absolute Gasteiger partial charge is 0.221 e. The summed E-state index contributed by atoms with van der Waals surface area (Å²) in [7, 11) is 0. The first-order chi connectivity index (χ1) is 8.61. The minimum absolute atomic E-state index is 0.000699. The van der Waals surface area contributed by atoms with E-state index in [-0.39, 0.29) is 17.9 Å². The Kier molecular flexibility index (Phi) is 6.72. The Balaban J connectivity index is 1.94. The third-order valence-electron chi connectivity index (χ3n) is 3.06. The van der Waals surface area contributed by atoms with E-state index >= 15 is 0 Å². The Hall–Kier alpha value is -1.10. The number of amides is 2. The van der Waals surface area contributed by atoms with Crippen molar-refractivity contribution in [3.63, 3.8) is 0 Å². The van der Waals surface area contributed by atoms with Crippen molar-refractivity contribution in [2.45, 2.75) is 58.0 Å². The number of carbonyl (C=O) groups is 2. The van der Waals surface area contributed by atoms with Crippen molar-refractivity contribution in [1.82, 2.24) is 16.0 Å². The maximum absolute atomic E-state index is 11.4. The highest BCUT2D eigenvalue weighted by Gasteiger charge is 2.19. The molecule has 1 saturated carbocycles. The van der Waals surface area contributed by atoms with Crippen molar-refractivity contribution >= 4 is 11.8 Å². The molecule has 3 N–H and O–H groups in total. The van der Waals surface area contributed by atoms with Gasteiger partial charge >= 0.3 is 0 Å². The number of hydrogen-bond acceptors (Lipinski definition) is 3. The number of hydrogen-bond donors (Lipinski definition) is 3. The lowest BCUT2D eigenvalue weighted by molar-refractivity contribution is -0.122. The Labute approximate surface area is 109 Å². The van der Waals surface area contributed by atoms with Gasteiger partial charge in [0, 0.05) is 38.0 Å². The molecule has 0 aromatic carbocycles.